The normalized spacial score (nSPS) is 21.2. The van der Waals surface area contributed by atoms with E-state index in [0.29, 0.717) is 22.7 Å². The van der Waals surface area contributed by atoms with Gasteiger partial charge in [0, 0.05) is 18.7 Å². The Bertz CT molecular complexity index is 405. The van der Waals surface area contributed by atoms with Crippen molar-refractivity contribution >= 4 is 23.2 Å². The van der Waals surface area contributed by atoms with Crippen LogP contribution in [0, 0.1) is 0 Å². The third kappa shape index (κ3) is 2.94. The van der Waals surface area contributed by atoms with Crippen LogP contribution in [-0.2, 0) is 11.2 Å². The molecule has 2 heterocycles. The standard InChI is InChI=1S/C12H17Cl2N3O/c1-3-8-10(13)15-12(16-11(8)14)9-7-17(4-2)5-6-18-9/h9H,3-7H2,1-2H3. The lowest BCUT2D eigenvalue weighted by Crippen LogP contribution is -2.38. The van der Waals surface area contributed by atoms with Crippen molar-refractivity contribution in [3.63, 3.8) is 0 Å². The van der Waals surface area contributed by atoms with Gasteiger partial charge in [0.25, 0.3) is 0 Å². The zero-order chi connectivity index (χ0) is 13.1. The van der Waals surface area contributed by atoms with Gasteiger partial charge in [0.05, 0.1) is 6.61 Å². The Labute approximate surface area is 117 Å². The summed E-state index contributed by atoms with van der Waals surface area (Å²) >= 11 is 12.2. The molecule has 0 radical (unpaired) electrons. The van der Waals surface area contributed by atoms with Gasteiger partial charge in [-0.1, -0.05) is 37.0 Å². The molecule has 0 saturated carbocycles. The summed E-state index contributed by atoms with van der Waals surface area (Å²) in [4.78, 5) is 10.9. The van der Waals surface area contributed by atoms with E-state index in [-0.39, 0.29) is 6.10 Å². The average molecular weight is 290 g/mol. The van der Waals surface area contributed by atoms with Crippen LogP contribution in [0.2, 0.25) is 10.3 Å². The molecule has 1 aromatic heterocycles. The molecule has 0 amide bonds. The molecular formula is C12H17Cl2N3O. The summed E-state index contributed by atoms with van der Waals surface area (Å²) in [7, 11) is 0. The highest BCUT2D eigenvalue weighted by Gasteiger charge is 2.24. The van der Waals surface area contributed by atoms with Crippen molar-refractivity contribution in [1.82, 2.24) is 14.9 Å². The Morgan fingerprint density at radius 1 is 1.28 bits per heavy atom. The van der Waals surface area contributed by atoms with Crippen molar-refractivity contribution < 1.29 is 4.74 Å². The van der Waals surface area contributed by atoms with Gasteiger partial charge in [0.15, 0.2) is 5.82 Å². The fourth-order valence-corrected chi connectivity index (χ4v) is 2.70. The molecule has 6 heteroatoms. The smallest absolute Gasteiger partial charge is 0.161 e. The van der Waals surface area contributed by atoms with Crippen LogP contribution in [0.3, 0.4) is 0 Å². The summed E-state index contributed by atoms with van der Waals surface area (Å²) < 4.78 is 5.70. The van der Waals surface area contributed by atoms with Gasteiger partial charge in [0.2, 0.25) is 0 Å². The molecule has 1 saturated heterocycles. The Morgan fingerprint density at radius 2 is 1.94 bits per heavy atom. The Kier molecular flexibility index (Phi) is 4.78. The number of hydrogen-bond donors (Lipinski definition) is 0. The molecule has 1 fully saturated rings. The van der Waals surface area contributed by atoms with Gasteiger partial charge in [0.1, 0.15) is 16.4 Å². The fraction of sp³-hybridized carbons (Fsp3) is 0.667. The number of morpholine rings is 1. The molecule has 0 aliphatic carbocycles. The van der Waals surface area contributed by atoms with Crippen molar-refractivity contribution in [2.75, 3.05) is 26.2 Å². The van der Waals surface area contributed by atoms with E-state index >= 15 is 0 Å². The third-order valence-corrected chi connectivity index (χ3v) is 3.79. The number of aromatic nitrogens is 2. The molecule has 0 bridgehead atoms. The first-order valence-electron chi connectivity index (χ1n) is 6.21. The van der Waals surface area contributed by atoms with E-state index in [4.69, 9.17) is 27.9 Å². The van der Waals surface area contributed by atoms with E-state index in [2.05, 4.69) is 21.8 Å². The lowest BCUT2D eigenvalue weighted by molar-refractivity contribution is -0.0325. The predicted octanol–water partition coefficient (Wildman–Crippen LogP) is 2.74. The molecule has 2 rings (SSSR count). The van der Waals surface area contributed by atoms with Crippen LogP contribution in [-0.4, -0.2) is 41.1 Å². The molecule has 1 aromatic rings. The maximum atomic E-state index is 6.12. The number of ether oxygens (including phenoxy) is 1. The van der Waals surface area contributed by atoms with E-state index in [1.165, 1.54) is 0 Å². The van der Waals surface area contributed by atoms with Crippen molar-refractivity contribution in [3.05, 3.63) is 21.7 Å². The highest BCUT2D eigenvalue weighted by atomic mass is 35.5. The minimum absolute atomic E-state index is 0.139. The maximum Gasteiger partial charge on any atom is 0.161 e. The van der Waals surface area contributed by atoms with E-state index in [1.807, 2.05) is 6.92 Å². The number of rotatable bonds is 3. The fourth-order valence-electron chi connectivity index (χ4n) is 2.03. The van der Waals surface area contributed by atoms with Gasteiger partial charge in [-0.15, -0.1) is 0 Å². The lowest BCUT2D eigenvalue weighted by Gasteiger charge is -2.31. The third-order valence-electron chi connectivity index (χ3n) is 3.16. The summed E-state index contributed by atoms with van der Waals surface area (Å²) in [5, 5.41) is 0.870. The first kappa shape index (κ1) is 14.0. The van der Waals surface area contributed by atoms with E-state index in [0.717, 1.165) is 31.6 Å². The van der Waals surface area contributed by atoms with Gasteiger partial charge < -0.3 is 4.74 Å². The van der Waals surface area contributed by atoms with Crippen molar-refractivity contribution in [3.8, 4) is 0 Å². The molecule has 1 aliphatic heterocycles. The van der Waals surface area contributed by atoms with Crippen LogP contribution in [0.15, 0.2) is 0 Å². The summed E-state index contributed by atoms with van der Waals surface area (Å²) in [5.74, 6) is 0.584. The van der Waals surface area contributed by atoms with E-state index < -0.39 is 0 Å². The van der Waals surface area contributed by atoms with Crippen LogP contribution >= 0.6 is 23.2 Å². The van der Waals surface area contributed by atoms with Crippen molar-refractivity contribution in [2.24, 2.45) is 0 Å². The maximum absolute atomic E-state index is 6.12. The van der Waals surface area contributed by atoms with E-state index in [9.17, 15) is 0 Å². The highest BCUT2D eigenvalue weighted by molar-refractivity contribution is 6.34. The monoisotopic (exact) mass is 289 g/mol. The van der Waals surface area contributed by atoms with Crippen LogP contribution < -0.4 is 0 Å². The molecule has 18 heavy (non-hydrogen) atoms. The summed E-state index contributed by atoms with van der Waals surface area (Å²) in [5.41, 5.74) is 0.797. The van der Waals surface area contributed by atoms with Gasteiger partial charge in [-0.2, -0.15) is 0 Å². The zero-order valence-electron chi connectivity index (χ0n) is 10.6. The van der Waals surface area contributed by atoms with Crippen molar-refractivity contribution in [1.29, 1.82) is 0 Å². The van der Waals surface area contributed by atoms with Crippen LogP contribution in [0.4, 0.5) is 0 Å². The topological polar surface area (TPSA) is 38.2 Å². The molecule has 0 aromatic carbocycles. The highest BCUT2D eigenvalue weighted by Crippen LogP contribution is 2.26. The van der Waals surface area contributed by atoms with Gasteiger partial charge in [-0.3, -0.25) is 4.90 Å². The van der Waals surface area contributed by atoms with E-state index in [1.54, 1.807) is 0 Å². The second kappa shape index (κ2) is 6.15. The summed E-state index contributed by atoms with van der Waals surface area (Å²) in [6, 6.07) is 0. The first-order chi connectivity index (χ1) is 8.65. The van der Waals surface area contributed by atoms with Gasteiger partial charge in [-0.05, 0) is 13.0 Å². The number of halogens is 2. The van der Waals surface area contributed by atoms with Gasteiger partial charge in [-0.25, -0.2) is 9.97 Å². The second-order valence-corrected chi connectivity index (χ2v) is 4.96. The summed E-state index contributed by atoms with van der Waals surface area (Å²) in [6.07, 6.45) is 0.587. The zero-order valence-corrected chi connectivity index (χ0v) is 12.1. The Hall–Kier alpha value is -0.420. The molecule has 1 atom stereocenters. The molecule has 1 aliphatic rings. The molecule has 100 valence electrons. The Balaban J connectivity index is 2.23. The first-order valence-corrected chi connectivity index (χ1v) is 6.97. The minimum atomic E-state index is -0.139. The molecule has 1 unspecified atom stereocenters. The van der Waals surface area contributed by atoms with Gasteiger partial charge >= 0.3 is 0 Å². The number of nitrogens with zero attached hydrogens (tertiary/aromatic N) is 3. The molecule has 0 N–H and O–H groups in total. The number of hydrogen-bond acceptors (Lipinski definition) is 4. The quantitative estimate of drug-likeness (QED) is 0.802. The molecule has 0 spiro atoms. The number of likely N-dealkylation sites (N-methyl/N-ethyl adjacent to an activating group) is 1. The lowest BCUT2D eigenvalue weighted by atomic mass is 10.2. The molecular weight excluding hydrogens is 273 g/mol. The minimum Gasteiger partial charge on any atom is -0.368 e. The summed E-state index contributed by atoms with van der Waals surface area (Å²) in [6.45, 7) is 7.52. The SMILES string of the molecule is CCc1c(Cl)nc(C2CN(CC)CCO2)nc1Cl. The van der Waals surface area contributed by atoms with Crippen LogP contribution in [0.1, 0.15) is 31.3 Å². The van der Waals surface area contributed by atoms with Crippen LogP contribution in [0.5, 0.6) is 0 Å². The average Bonchev–Trinajstić information content (AvgIpc) is 2.38. The molecule has 4 nitrogen and oxygen atoms in total. The largest absolute Gasteiger partial charge is 0.368 e. The van der Waals surface area contributed by atoms with Crippen LogP contribution in [0.25, 0.3) is 0 Å². The Morgan fingerprint density at radius 3 is 2.50 bits per heavy atom. The predicted molar refractivity (Wildman–Crippen MR) is 72.2 cm³/mol. The second-order valence-electron chi connectivity index (χ2n) is 4.25. The van der Waals surface area contributed by atoms with Crippen molar-refractivity contribution in [2.45, 2.75) is 26.4 Å².